The molecule has 0 N–H and O–H groups in total. The van der Waals surface area contributed by atoms with Crippen LogP contribution in [0.5, 0.6) is 0 Å². The van der Waals surface area contributed by atoms with Crippen LogP contribution in [0.3, 0.4) is 0 Å². The van der Waals surface area contributed by atoms with Crippen LogP contribution in [-0.2, 0) is 12.1 Å². The molecule has 31 heavy (non-hydrogen) atoms. The van der Waals surface area contributed by atoms with Crippen molar-refractivity contribution in [2.45, 2.75) is 46.2 Å². The van der Waals surface area contributed by atoms with Gasteiger partial charge in [-0.25, -0.2) is 8.78 Å². The van der Waals surface area contributed by atoms with Crippen molar-refractivity contribution < 1.29 is 22.0 Å². The van der Waals surface area contributed by atoms with E-state index in [0.717, 1.165) is 41.2 Å². The zero-order valence-corrected chi connectivity index (χ0v) is 19.4. The number of thiophene rings is 1. The summed E-state index contributed by atoms with van der Waals surface area (Å²) in [6, 6.07) is 4.19. The van der Waals surface area contributed by atoms with E-state index in [1.807, 2.05) is 31.7 Å². The Labute approximate surface area is 188 Å². The number of thiocarbonyl (C=S) groups is 1. The highest BCUT2D eigenvalue weighted by atomic mass is 32.1. The van der Waals surface area contributed by atoms with Gasteiger partial charge in [0.25, 0.3) is 5.92 Å². The molecule has 0 bridgehead atoms. The van der Waals surface area contributed by atoms with Gasteiger partial charge in [0.1, 0.15) is 0 Å². The van der Waals surface area contributed by atoms with Gasteiger partial charge in [0.15, 0.2) is 0 Å². The van der Waals surface area contributed by atoms with Crippen molar-refractivity contribution in [2.24, 2.45) is 0 Å². The van der Waals surface area contributed by atoms with Crippen LogP contribution >= 0.6 is 23.6 Å². The summed E-state index contributed by atoms with van der Waals surface area (Å²) in [5, 5.41) is 1.66. The average molecular weight is 474 g/mol. The first-order chi connectivity index (χ1) is 14.2. The maximum atomic E-state index is 13.8. The monoisotopic (exact) mass is 473 g/mol. The van der Waals surface area contributed by atoms with Crippen LogP contribution in [0.25, 0.3) is 17.2 Å². The normalized spacial score (nSPS) is 12.7. The second-order valence-corrected chi connectivity index (χ2v) is 8.90. The fourth-order valence-corrected chi connectivity index (χ4v) is 4.12. The van der Waals surface area contributed by atoms with E-state index in [1.54, 1.807) is 11.4 Å². The molecule has 0 unspecified atom stereocenters. The minimum absolute atomic E-state index is 0.0982. The summed E-state index contributed by atoms with van der Waals surface area (Å²) >= 11 is 6.59. The molecule has 8 heteroatoms. The Balaban J connectivity index is 2.43. The maximum absolute atomic E-state index is 13.8. The molecule has 0 aliphatic rings. The molecule has 1 aromatic carbocycles. The maximum Gasteiger partial charge on any atom is 0.416 e. The van der Waals surface area contributed by atoms with Crippen LogP contribution in [0.4, 0.5) is 22.0 Å². The van der Waals surface area contributed by atoms with Gasteiger partial charge in [-0.05, 0) is 72.7 Å². The molecule has 0 aliphatic carbocycles. The van der Waals surface area contributed by atoms with Gasteiger partial charge in [-0.1, -0.05) is 25.7 Å². The first-order valence-corrected chi connectivity index (χ1v) is 10.9. The van der Waals surface area contributed by atoms with Crippen molar-refractivity contribution in [3.63, 3.8) is 0 Å². The van der Waals surface area contributed by atoms with Gasteiger partial charge in [0.05, 0.1) is 10.6 Å². The van der Waals surface area contributed by atoms with E-state index in [4.69, 9.17) is 12.2 Å². The quantitative estimate of drug-likeness (QED) is 0.225. The zero-order chi connectivity index (χ0) is 23.6. The number of hydrogen-bond donors (Lipinski definition) is 0. The number of alkyl halides is 5. The Morgan fingerprint density at radius 3 is 2.19 bits per heavy atom. The van der Waals surface area contributed by atoms with E-state index in [-0.39, 0.29) is 5.56 Å². The van der Waals surface area contributed by atoms with Gasteiger partial charge in [0, 0.05) is 29.6 Å². The summed E-state index contributed by atoms with van der Waals surface area (Å²) in [5.41, 5.74) is 0.383. The van der Waals surface area contributed by atoms with Crippen molar-refractivity contribution in [1.29, 1.82) is 0 Å². The summed E-state index contributed by atoms with van der Waals surface area (Å²) in [4.78, 5) is 3.40. The van der Waals surface area contributed by atoms with Crippen LogP contribution in [0.15, 0.2) is 47.5 Å². The highest BCUT2D eigenvalue weighted by Crippen LogP contribution is 2.39. The highest BCUT2D eigenvalue weighted by molar-refractivity contribution is 7.80. The van der Waals surface area contributed by atoms with Gasteiger partial charge in [-0.3, -0.25) is 0 Å². The lowest BCUT2D eigenvalue weighted by Gasteiger charge is -2.25. The topological polar surface area (TPSA) is 3.24 Å². The van der Waals surface area contributed by atoms with Crippen LogP contribution in [0, 0.1) is 0 Å². The van der Waals surface area contributed by atoms with Gasteiger partial charge in [0.2, 0.25) is 0 Å². The van der Waals surface area contributed by atoms with Crippen molar-refractivity contribution in [3.05, 3.63) is 63.5 Å². The molecule has 0 aliphatic heterocycles. The predicted octanol–water partition coefficient (Wildman–Crippen LogP) is 8.52. The fourth-order valence-electron chi connectivity index (χ4n) is 3.01. The average Bonchev–Trinajstić information content (AvgIpc) is 3.12. The molecule has 2 rings (SSSR count). The Morgan fingerprint density at radius 1 is 1.06 bits per heavy atom. The Morgan fingerprint density at radius 2 is 1.68 bits per heavy atom. The van der Waals surface area contributed by atoms with E-state index in [0.29, 0.717) is 23.5 Å². The third-order valence-electron chi connectivity index (χ3n) is 4.69. The van der Waals surface area contributed by atoms with E-state index >= 15 is 0 Å². The summed E-state index contributed by atoms with van der Waals surface area (Å²) in [5.74, 6) is -3.38. The lowest BCUT2D eigenvalue weighted by molar-refractivity contribution is -0.137. The fraction of sp³-hybridized carbons (Fsp3) is 0.348. The van der Waals surface area contributed by atoms with Gasteiger partial charge >= 0.3 is 6.18 Å². The van der Waals surface area contributed by atoms with Crippen molar-refractivity contribution in [1.82, 2.24) is 4.90 Å². The molecule has 1 aromatic heterocycles. The number of hydrogen-bond acceptors (Lipinski definition) is 2. The number of halogens is 5. The molecule has 168 valence electrons. The third kappa shape index (κ3) is 6.46. The lowest BCUT2D eigenvalue weighted by Crippen LogP contribution is -2.27. The van der Waals surface area contributed by atoms with Crippen molar-refractivity contribution in [2.75, 3.05) is 6.54 Å². The second kappa shape index (κ2) is 9.61. The van der Waals surface area contributed by atoms with E-state index in [1.165, 1.54) is 11.3 Å². The molecule has 2 aromatic rings. The summed E-state index contributed by atoms with van der Waals surface area (Å²) < 4.78 is 67.3. The molecule has 1 heterocycles. The van der Waals surface area contributed by atoms with Crippen molar-refractivity contribution in [3.8, 4) is 11.1 Å². The number of nitrogens with zero attached hydrogens (tertiary/aromatic N) is 1. The Kier molecular flexibility index (Phi) is 7.81. The molecular formula is C23H24F5NS2. The van der Waals surface area contributed by atoms with E-state index in [2.05, 4.69) is 6.58 Å². The standard InChI is InChI=1S/C23H24F5NS2/c1-6-7-29(16(4)30)15(3)14(2)8-21-11-18(13-31-21)17-9-19(22(5,24)25)12-20(10-17)23(26,27)28/h8-13H,3,6-7H2,1-2,4-5H3/b14-8+. The molecule has 0 saturated carbocycles. The minimum Gasteiger partial charge on any atom is -0.337 e. The van der Waals surface area contributed by atoms with Gasteiger partial charge < -0.3 is 4.90 Å². The van der Waals surface area contributed by atoms with Crippen LogP contribution in [0.2, 0.25) is 0 Å². The second-order valence-electron chi connectivity index (χ2n) is 7.37. The molecule has 0 saturated heterocycles. The Hall–Kier alpha value is -2.06. The molecule has 1 nitrogen and oxygen atoms in total. The van der Waals surface area contributed by atoms with Crippen LogP contribution in [0.1, 0.15) is 50.1 Å². The van der Waals surface area contributed by atoms with Crippen LogP contribution < -0.4 is 0 Å². The van der Waals surface area contributed by atoms with Crippen LogP contribution in [-0.4, -0.2) is 16.4 Å². The largest absolute Gasteiger partial charge is 0.416 e. The zero-order valence-electron chi connectivity index (χ0n) is 17.7. The van der Waals surface area contributed by atoms with E-state index < -0.39 is 23.2 Å². The summed E-state index contributed by atoms with van der Waals surface area (Å²) in [6.07, 6.45) is -1.96. The molecular weight excluding hydrogens is 449 g/mol. The number of rotatable bonds is 7. The SMILES string of the molecule is C=C(/C(C)=C/c1cc(-c2cc(C(C)(F)F)cc(C(F)(F)F)c2)cs1)N(CCC)C(C)=S. The number of benzene rings is 1. The third-order valence-corrected chi connectivity index (χ3v) is 5.79. The summed E-state index contributed by atoms with van der Waals surface area (Å²) in [6.45, 7) is 11.1. The Bertz CT molecular complexity index is 964. The minimum atomic E-state index is -4.72. The molecule has 0 spiro atoms. The molecule has 0 radical (unpaired) electrons. The van der Waals surface area contributed by atoms with Gasteiger partial charge in [-0.15, -0.1) is 11.3 Å². The number of allylic oxidation sites excluding steroid dienone is 1. The molecule has 0 atom stereocenters. The van der Waals surface area contributed by atoms with Gasteiger partial charge in [-0.2, -0.15) is 13.2 Å². The smallest absolute Gasteiger partial charge is 0.337 e. The highest BCUT2D eigenvalue weighted by Gasteiger charge is 2.34. The summed E-state index contributed by atoms with van der Waals surface area (Å²) in [7, 11) is 0. The molecule has 0 amide bonds. The van der Waals surface area contributed by atoms with E-state index in [9.17, 15) is 22.0 Å². The first kappa shape index (κ1) is 25.2. The molecule has 0 fully saturated rings. The predicted molar refractivity (Wildman–Crippen MR) is 122 cm³/mol. The first-order valence-electron chi connectivity index (χ1n) is 9.59. The lowest BCUT2D eigenvalue weighted by atomic mass is 9.98. The van der Waals surface area contributed by atoms with Crippen molar-refractivity contribution >= 4 is 34.6 Å².